The van der Waals surface area contributed by atoms with Crippen LogP contribution in [0, 0.1) is 0 Å². The predicted molar refractivity (Wildman–Crippen MR) is 79.7 cm³/mol. The van der Waals surface area contributed by atoms with Crippen LogP contribution >= 0.6 is 7.60 Å². The fraction of sp³-hybridized carbons (Fsp3) is 0.267. The van der Waals surface area contributed by atoms with E-state index in [1.807, 2.05) is 30.3 Å². The molecule has 6 heteroatoms. The first-order valence-electron chi connectivity index (χ1n) is 6.73. The second-order valence-corrected chi connectivity index (χ2v) is 7.43. The molecule has 1 saturated heterocycles. The fourth-order valence-corrected chi connectivity index (χ4v) is 3.92. The molecular formula is C15H17N2O3P. The Morgan fingerprint density at radius 2 is 2.10 bits per heavy atom. The van der Waals surface area contributed by atoms with Crippen molar-refractivity contribution in [3.63, 3.8) is 0 Å². The second kappa shape index (κ2) is 5.35. The number of benzene rings is 1. The maximum absolute atomic E-state index is 12.5. The Balaban J connectivity index is 1.99. The number of hydrogen-bond acceptors (Lipinski definition) is 4. The normalized spacial score (nSPS) is 32.8. The lowest BCUT2D eigenvalue weighted by atomic mass is 10.0. The lowest BCUT2D eigenvalue weighted by Gasteiger charge is -2.42. The molecule has 1 fully saturated rings. The molecule has 0 saturated carbocycles. The molecule has 110 valence electrons. The number of hydrogen-bond donors (Lipinski definition) is 2. The van der Waals surface area contributed by atoms with Gasteiger partial charge in [0.05, 0.1) is 12.6 Å². The van der Waals surface area contributed by atoms with Gasteiger partial charge in [-0.1, -0.05) is 36.4 Å². The molecule has 1 aromatic carbocycles. The molecular weight excluding hydrogens is 287 g/mol. The summed E-state index contributed by atoms with van der Waals surface area (Å²) in [7, 11) is -3.84. The van der Waals surface area contributed by atoms with Gasteiger partial charge in [0.25, 0.3) is 0 Å². The summed E-state index contributed by atoms with van der Waals surface area (Å²) in [6, 6.07) is 13.1. The number of pyridine rings is 1. The number of nitrogens with zero attached hydrogens (tertiary/aromatic N) is 1. The minimum atomic E-state index is -3.84. The first-order valence-corrected chi connectivity index (χ1v) is 8.31. The smallest absolute Gasteiger partial charge is 0.323 e. The fourth-order valence-electron chi connectivity index (χ4n) is 2.53. The molecule has 0 bridgehead atoms. The molecule has 0 radical (unpaired) electrons. The van der Waals surface area contributed by atoms with Crippen molar-refractivity contribution in [3.8, 4) is 0 Å². The zero-order chi connectivity index (χ0) is 14.9. The molecule has 0 amide bonds. The summed E-state index contributed by atoms with van der Waals surface area (Å²) in [4.78, 5) is 14.3. The van der Waals surface area contributed by atoms with Crippen molar-refractivity contribution in [2.75, 3.05) is 6.61 Å². The maximum atomic E-state index is 12.5. The van der Waals surface area contributed by atoms with Crippen LogP contribution in [0.5, 0.6) is 0 Å². The Labute approximate surface area is 123 Å². The highest BCUT2D eigenvalue weighted by Gasteiger charge is 2.51. The molecule has 2 aromatic rings. The minimum Gasteiger partial charge on any atom is -0.323 e. The van der Waals surface area contributed by atoms with Crippen LogP contribution in [0.3, 0.4) is 0 Å². The number of nitrogens with one attached hydrogen (secondary N) is 1. The molecule has 2 heterocycles. The van der Waals surface area contributed by atoms with Crippen LogP contribution in [-0.4, -0.2) is 16.5 Å². The molecule has 1 unspecified atom stereocenters. The molecule has 1 aliphatic rings. The van der Waals surface area contributed by atoms with Crippen molar-refractivity contribution in [3.05, 3.63) is 66.0 Å². The van der Waals surface area contributed by atoms with E-state index in [-0.39, 0.29) is 12.6 Å². The Morgan fingerprint density at radius 3 is 2.76 bits per heavy atom. The summed E-state index contributed by atoms with van der Waals surface area (Å²) in [6.45, 7) is 1.84. The quantitative estimate of drug-likeness (QED) is 0.835. The highest BCUT2D eigenvalue weighted by atomic mass is 31.2. The van der Waals surface area contributed by atoms with Crippen LogP contribution in [0.4, 0.5) is 0 Å². The monoisotopic (exact) mass is 304 g/mol. The van der Waals surface area contributed by atoms with Gasteiger partial charge in [0.1, 0.15) is 5.28 Å². The highest BCUT2D eigenvalue weighted by molar-refractivity contribution is 7.54. The van der Waals surface area contributed by atoms with Gasteiger partial charge in [0.15, 0.2) is 0 Å². The van der Waals surface area contributed by atoms with Gasteiger partial charge in [-0.2, -0.15) is 0 Å². The Kier molecular flexibility index (Phi) is 3.68. The first kappa shape index (κ1) is 14.4. The zero-order valence-corrected chi connectivity index (χ0v) is 12.5. The van der Waals surface area contributed by atoms with Gasteiger partial charge in [0, 0.05) is 18.0 Å². The largest absolute Gasteiger partial charge is 0.352 e. The summed E-state index contributed by atoms with van der Waals surface area (Å²) in [5, 5.41) is 2.09. The zero-order valence-electron chi connectivity index (χ0n) is 11.6. The third-order valence-corrected chi connectivity index (χ3v) is 5.88. The van der Waals surface area contributed by atoms with E-state index in [4.69, 9.17) is 4.52 Å². The van der Waals surface area contributed by atoms with E-state index in [0.717, 1.165) is 5.56 Å². The SMILES string of the molecule is C[C@@]1(c2cccnc2)N[C@H](c2ccccc2)COP1(=O)O. The van der Waals surface area contributed by atoms with Gasteiger partial charge in [-0.15, -0.1) is 0 Å². The van der Waals surface area contributed by atoms with Gasteiger partial charge in [-0.3, -0.25) is 14.9 Å². The lowest BCUT2D eigenvalue weighted by molar-refractivity contribution is 0.149. The van der Waals surface area contributed by atoms with E-state index < -0.39 is 12.9 Å². The van der Waals surface area contributed by atoms with E-state index in [0.29, 0.717) is 5.56 Å². The molecule has 3 atom stereocenters. The summed E-state index contributed by atoms with van der Waals surface area (Å²) in [5.74, 6) is 0. The van der Waals surface area contributed by atoms with Crippen LogP contribution in [0.15, 0.2) is 54.9 Å². The van der Waals surface area contributed by atoms with Crippen LogP contribution in [0.2, 0.25) is 0 Å². The average molecular weight is 304 g/mol. The van der Waals surface area contributed by atoms with Crippen molar-refractivity contribution < 1.29 is 14.0 Å². The van der Waals surface area contributed by atoms with Gasteiger partial charge in [0.2, 0.25) is 0 Å². The minimum absolute atomic E-state index is 0.148. The summed E-state index contributed by atoms with van der Waals surface area (Å²) in [5.41, 5.74) is 1.66. The van der Waals surface area contributed by atoms with Crippen molar-refractivity contribution in [1.29, 1.82) is 0 Å². The third-order valence-electron chi connectivity index (χ3n) is 3.86. The average Bonchev–Trinajstić information content (AvgIpc) is 2.52. The first-order chi connectivity index (χ1) is 10.0. The van der Waals surface area contributed by atoms with Crippen LogP contribution < -0.4 is 5.32 Å². The molecule has 1 aliphatic heterocycles. The molecule has 3 rings (SSSR count). The van der Waals surface area contributed by atoms with Gasteiger partial charge in [-0.05, 0) is 18.6 Å². The summed E-state index contributed by atoms with van der Waals surface area (Å²) >= 11 is 0. The van der Waals surface area contributed by atoms with Crippen LogP contribution in [0.25, 0.3) is 0 Å². The van der Waals surface area contributed by atoms with Crippen LogP contribution in [0.1, 0.15) is 24.1 Å². The van der Waals surface area contributed by atoms with E-state index in [9.17, 15) is 9.46 Å². The molecule has 0 spiro atoms. The van der Waals surface area contributed by atoms with Gasteiger partial charge < -0.3 is 9.42 Å². The van der Waals surface area contributed by atoms with Crippen LogP contribution in [-0.2, 0) is 14.4 Å². The number of aromatic nitrogens is 1. The Bertz CT molecular complexity index is 665. The molecule has 21 heavy (non-hydrogen) atoms. The highest BCUT2D eigenvalue weighted by Crippen LogP contribution is 2.62. The van der Waals surface area contributed by atoms with Gasteiger partial charge >= 0.3 is 7.60 Å². The number of rotatable bonds is 2. The van der Waals surface area contributed by atoms with Gasteiger partial charge in [-0.25, -0.2) is 0 Å². The Morgan fingerprint density at radius 1 is 1.33 bits per heavy atom. The molecule has 1 aromatic heterocycles. The van der Waals surface area contributed by atoms with E-state index in [1.54, 1.807) is 31.5 Å². The second-order valence-electron chi connectivity index (χ2n) is 5.24. The summed E-state index contributed by atoms with van der Waals surface area (Å²) in [6.07, 6.45) is 3.22. The topological polar surface area (TPSA) is 71.5 Å². The maximum Gasteiger partial charge on any atom is 0.352 e. The van der Waals surface area contributed by atoms with Crippen molar-refractivity contribution in [2.24, 2.45) is 0 Å². The van der Waals surface area contributed by atoms with E-state index in [2.05, 4.69) is 10.3 Å². The van der Waals surface area contributed by atoms with E-state index >= 15 is 0 Å². The molecule has 0 aliphatic carbocycles. The Hall–Kier alpha value is -1.52. The predicted octanol–water partition coefficient (Wildman–Crippen LogP) is 2.80. The van der Waals surface area contributed by atoms with E-state index in [1.165, 1.54) is 0 Å². The van der Waals surface area contributed by atoms with Crippen molar-refractivity contribution >= 4 is 7.60 Å². The standard InChI is InChI=1S/C15H17N2O3P/c1-15(13-8-5-9-16-10-13)17-14(11-20-21(15,18)19)12-6-3-2-4-7-12/h2-10,14,17H,11H2,1H3,(H,18,19)/t14-,15+/m0/s1. The van der Waals surface area contributed by atoms with Crippen molar-refractivity contribution in [2.45, 2.75) is 18.2 Å². The molecule has 5 nitrogen and oxygen atoms in total. The van der Waals surface area contributed by atoms with Crippen molar-refractivity contribution in [1.82, 2.24) is 10.3 Å². The molecule has 2 N–H and O–H groups in total. The summed E-state index contributed by atoms with van der Waals surface area (Å²) < 4.78 is 17.8. The lowest BCUT2D eigenvalue weighted by Crippen LogP contribution is -2.47. The third kappa shape index (κ3) is 2.54.